The van der Waals surface area contributed by atoms with Crippen LogP contribution < -0.4 is 0 Å². The minimum atomic E-state index is -1.19. The number of nitrogens with zero attached hydrogens (tertiary/aromatic N) is 1. The molecule has 0 aliphatic carbocycles. The summed E-state index contributed by atoms with van der Waals surface area (Å²) in [5, 5.41) is 17.0. The fraction of sp³-hybridized carbons (Fsp3) is 0.167. The van der Waals surface area contributed by atoms with Gasteiger partial charge in [0.05, 0.1) is 0 Å². The van der Waals surface area contributed by atoms with Crippen LogP contribution in [0.1, 0.15) is 0 Å². The monoisotopic (exact) mass is 129 g/mol. The van der Waals surface area contributed by atoms with Gasteiger partial charge < -0.3 is 0 Å². The van der Waals surface area contributed by atoms with E-state index in [0.29, 0.717) is 5.57 Å². The quantitative estimate of drug-likeness (QED) is 0.381. The average molecular weight is 129 g/mol. The van der Waals surface area contributed by atoms with Gasteiger partial charge in [-0.05, 0) is 0 Å². The van der Waals surface area contributed by atoms with E-state index < -0.39 is 6.10 Å². The van der Waals surface area contributed by atoms with Crippen molar-refractivity contribution in [2.75, 3.05) is 0 Å². The van der Waals surface area contributed by atoms with Crippen molar-refractivity contribution in [3.63, 3.8) is 0 Å². The van der Waals surface area contributed by atoms with Crippen molar-refractivity contribution < 1.29 is 5.11 Å². The number of aliphatic hydroxyl groups is 1. The number of nitriles is 1. The summed E-state index contributed by atoms with van der Waals surface area (Å²) in [6, 6.07) is 1.60. The zero-order valence-electron chi connectivity index (χ0n) is 5.36. The van der Waals surface area contributed by atoms with Crippen molar-refractivity contribution in [2.24, 2.45) is 0 Å². The molecule has 1 N–H and O–H groups in total. The van der Waals surface area contributed by atoms with E-state index >= 15 is 0 Å². The first-order valence-electron chi connectivity index (χ1n) is 2.64. The zero-order chi connectivity index (χ0) is 7.98. The maximum atomic E-state index is 8.83. The van der Waals surface area contributed by atoms with Gasteiger partial charge in [0.15, 0.2) is 0 Å². The van der Waals surface area contributed by atoms with Gasteiger partial charge in [0.25, 0.3) is 0 Å². The molecule has 0 spiro atoms. The van der Waals surface area contributed by atoms with Gasteiger partial charge in [-0.2, -0.15) is 0 Å². The molecule has 0 aromatic heterocycles. The molecule has 0 heterocycles. The Labute approximate surface area is 61.9 Å². The molecule has 46 valence electrons. The summed E-state index contributed by atoms with van der Waals surface area (Å²) >= 11 is 0. The minimum absolute atomic E-state index is 0.296. The van der Waals surface area contributed by atoms with Crippen LogP contribution in [0.4, 0.5) is 0 Å². The number of aliphatic hydroxyl groups excluding tert-OH is 1. The zero-order valence-corrected chi connectivity index (χ0v) is 5.36. The van der Waals surface area contributed by atoms with Crippen molar-refractivity contribution in [2.45, 2.75) is 6.10 Å². The van der Waals surface area contributed by atoms with E-state index in [0.717, 1.165) is 5.97 Å². The summed E-state index contributed by atoms with van der Waals surface area (Å²) in [4.78, 5) is 0. The van der Waals surface area contributed by atoms with Crippen LogP contribution in [0, 0.1) is 11.3 Å². The molecule has 2 radical (unpaired) electrons. The van der Waals surface area contributed by atoms with Gasteiger partial charge in [0, 0.05) is 0 Å². The van der Waals surface area contributed by atoms with Crippen LogP contribution in [0.2, 0.25) is 0 Å². The first-order chi connectivity index (χ1) is 4.76. The summed E-state index contributed by atoms with van der Waals surface area (Å²) in [6.45, 7) is 0. The van der Waals surface area contributed by atoms with E-state index in [-0.39, 0.29) is 0 Å². The fourth-order valence-electron chi connectivity index (χ4n) is 0.423. The third kappa shape index (κ3) is 2.56. The first kappa shape index (κ1) is 9.06. The molecule has 0 fully saturated rings. The van der Waals surface area contributed by atoms with Crippen molar-refractivity contribution in [1.82, 2.24) is 0 Å². The second-order valence-corrected chi connectivity index (χ2v) is 1.56. The average Bonchev–Trinajstić information content (AvgIpc) is 1.99. The number of hydrogen-bond donors (Lipinski definition) is 1. The molecule has 10 heavy (non-hydrogen) atoms. The van der Waals surface area contributed by atoms with Crippen LogP contribution in [0.3, 0.4) is 0 Å². The van der Waals surface area contributed by atoms with Gasteiger partial charge in [-0.3, -0.25) is 0 Å². The summed E-state index contributed by atoms with van der Waals surface area (Å²) in [5.74, 6) is 2.34. The molecule has 1 unspecified atom stereocenters. The van der Waals surface area contributed by atoms with Crippen LogP contribution in [-0.4, -0.2) is 38.1 Å². The Morgan fingerprint density at radius 3 is 2.50 bits per heavy atom. The number of rotatable bonds is 3. The van der Waals surface area contributed by atoms with E-state index in [4.69, 9.17) is 25.3 Å². The topological polar surface area (TPSA) is 44.0 Å². The Morgan fingerprint density at radius 1 is 1.60 bits per heavy atom. The molecule has 0 aromatic carbocycles. The van der Waals surface area contributed by atoms with Gasteiger partial charge in [-0.1, -0.05) is 0 Å². The van der Waals surface area contributed by atoms with Crippen LogP contribution in [-0.2, 0) is 0 Å². The molecule has 2 nitrogen and oxygen atoms in total. The molecule has 0 saturated carbocycles. The van der Waals surface area contributed by atoms with Crippen LogP contribution in [0.15, 0.2) is 11.6 Å². The fourth-order valence-corrected chi connectivity index (χ4v) is 0.423. The maximum absolute atomic E-state index is 8.83. The van der Waals surface area contributed by atoms with E-state index in [1.54, 1.807) is 6.07 Å². The summed E-state index contributed by atoms with van der Waals surface area (Å²) in [5.41, 5.74) is 0.296. The molecule has 0 rings (SSSR count). The van der Waals surface area contributed by atoms with Crippen molar-refractivity contribution >= 4 is 26.9 Å². The van der Waals surface area contributed by atoms with E-state index in [2.05, 4.69) is 0 Å². The Kier molecular flexibility index (Phi) is 4.43. The molecular formula is C6H5B2NO. The number of allylic oxidation sites excluding steroid dienone is 1. The van der Waals surface area contributed by atoms with E-state index in [1.165, 1.54) is 12.0 Å². The molecule has 4 heteroatoms. The van der Waals surface area contributed by atoms with Crippen molar-refractivity contribution in [1.29, 1.82) is 5.26 Å². The van der Waals surface area contributed by atoms with Crippen molar-refractivity contribution in [3.05, 3.63) is 11.6 Å². The van der Waals surface area contributed by atoms with E-state index in [1.807, 2.05) is 0 Å². The molecule has 0 aromatic rings. The van der Waals surface area contributed by atoms with Crippen LogP contribution >= 0.6 is 0 Å². The van der Waals surface area contributed by atoms with Gasteiger partial charge in [-0.15, -0.1) is 0 Å². The third-order valence-corrected chi connectivity index (χ3v) is 0.919. The van der Waals surface area contributed by atoms with Gasteiger partial charge in [0.2, 0.25) is 0 Å². The van der Waals surface area contributed by atoms with Crippen LogP contribution in [0.25, 0.3) is 0 Å². The van der Waals surface area contributed by atoms with Crippen LogP contribution in [0.5, 0.6) is 0 Å². The standard InChI is InChI=1S/C6H5B2NO/c7-2-1-5(3-8)6(10)4-9/h1-3,6,10H/b5-1+. The summed E-state index contributed by atoms with van der Waals surface area (Å²) in [6.07, 6.45) is 0.179. The molecule has 1 atom stereocenters. The van der Waals surface area contributed by atoms with Crippen molar-refractivity contribution in [3.8, 4) is 6.07 Å². The Hall–Kier alpha value is -0.940. The second kappa shape index (κ2) is 4.89. The molecule has 0 aliphatic heterocycles. The predicted octanol–water partition coefficient (Wildman–Crippen LogP) is -1.26. The molecule has 0 aliphatic rings. The Morgan fingerprint density at radius 2 is 2.20 bits per heavy atom. The molecule has 0 bridgehead atoms. The van der Waals surface area contributed by atoms with Gasteiger partial charge in [-0.25, -0.2) is 0 Å². The van der Waals surface area contributed by atoms with Gasteiger partial charge in [0.1, 0.15) is 0 Å². The Bertz CT molecular complexity index is 204. The third-order valence-electron chi connectivity index (χ3n) is 0.919. The molecule has 0 saturated heterocycles. The Balaban J connectivity index is 4.37. The summed E-state index contributed by atoms with van der Waals surface area (Å²) < 4.78 is 0. The second-order valence-electron chi connectivity index (χ2n) is 1.56. The first-order valence-corrected chi connectivity index (χ1v) is 2.64. The molecular weight excluding hydrogens is 124 g/mol. The predicted molar refractivity (Wildman–Crippen MR) is 43.3 cm³/mol. The normalized spacial score (nSPS) is 13.2. The van der Waals surface area contributed by atoms with Gasteiger partial charge >= 0.3 is 61.1 Å². The molecule has 0 amide bonds. The summed E-state index contributed by atoms with van der Waals surface area (Å²) in [7, 11) is 10.1. The number of hydrogen-bond acceptors (Lipinski definition) is 2. The van der Waals surface area contributed by atoms with E-state index in [9.17, 15) is 0 Å². The SMILES string of the molecule is [B]=C/C=C(\C=[B])C(O)C#N.